The average molecular weight is 571 g/mol. The van der Waals surface area contributed by atoms with Crippen LogP contribution in [0.3, 0.4) is 0 Å². The Labute approximate surface area is 303 Å². The molecule has 5 nitrogen and oxygen atoms in total. The third-order valence-electron chi connectivity index (χ3n) is 8.29. The number of benzene rings is 1. The lowest BCUT2D eigenvalue weighted by Crippen LogP contribution is -2.65. The molecule has 0 bridgehead atoms. The van der Waals surface area contributed by atoms with Gasteiger partial charge in [0.2, 0.25) is 10.0 Å². The number of hydrogen-bond acceptors (Lipinski definition) is 4. The van der Waals surface area contributed by atoms with E-state index in [0.29, 0.717) is 0 Å². The number of sulfonamides is 1. The van der Waals surface area contributed by atoms with Crippen molar-refractivity contribution in [3.8, 4) is 0 Å². The van der Waals surface area contributed by atoms with Crippen molar-refractivity contribution in [3.05, 3.63) is 23.8 Å². The van der Waals surface area contributed by atoms with Gasteiger partial charge in [-0.25, -0.2) is 13.2 Å². The van der Waals surface area contributed by atoms with Crippen molar-refractivity contribution < 1.29 is 17.9 Å². The van der Waals surface area contributed by atoms with Gasteiger partial charge in [-0.2, -0.15) is 0 Å². The predicted octanol–water partition coefficient (Wildman–Crippen LogP) is -6.80. The third-order valence-corrected chi connectivity index (χ3v) is 10.0. The van der Waals surface area contributed by atoms with E-state index < -0.39 is 78.6 Å². The zero-order chi connectivity index (χ0) is 37.3. The van der Waals surface area contributed by atoms with Crippen LogP contribution in [-0.4, -0.2) is 199 Å². The first-order valence-electron chi connectivity index (χ1n) is 12.4. The summed E-state index contributed by atoms with van der Waals surface area (Å²) < 4.78 is 30.2. The van der Waals surface area contributed by atoms with E-state index in [9.17, 15) is 13.2 Å². The fraction of sp³-hybridized carbons (Fsp3) is 0.611. The molecule has 0 aliphatic heterocycles. The lowest BCUT2D eigenvalue weighted by Gasteiger charge is -2.76. The Morgan fingerprint density at radius 3 is 1.24 bits per heavy atom. The molecule has 0 aromatic heterocycles. The molecular formula is C18H7B22NO4S. The van der Waals surface area contributed by atoms with Crippen molar-refractivity contribution in [1.82, 2.24) is 0 Å². The first-order valence-corrected chi connectivity index (χ1v) is 13.9. The summed E-state index contributed by atoms with van der Waals surface area (Å²) in [5.41, 5.74) is -0.845. The van der Waals surface area contributed by atoms with Crippen molar-refractivity contribution in [2.75, 3.05) is 11.8 Å². The van der Waals surface area contributed by atoms with Crippen LogP contribution in [0.4, 0.5) is 5.69 Å². The number of methoxy groups -OCH3 is 1. The van der Waals surface area contributed by atoms with Gasteiger partial charge in [-0.3, -0.25) is 4.72 Å². The monoisotopic (exact) mass is 575 g/mol. The molecule has 180 valence electrons. The summed E-state index contributed by atoms with van der Waals surface area (Å²) in [6.07, 6.45) is 0. The molecule has 0 saturated carbocycles. The molecule has 1 aromatic carbocycles. The normalized spacial score (nSPS) is 15.1. The second-order valence-electron chi connectivity index (χ2n) is 11.6. The van der Waals surface area contributed by atoms with Crippen molar-refractivity contribution in [1.29, 1.82) is 0 Å². The van der Waals surface area contributed by atoms with E-state index in [0.717, 1.165) is 19.2 Å². The summed E-state index contributed by atoms with van der Waals surface area (Å²) in [4.78, 5) is 12.3. The predicted molar refractivity (Wildman–Crippen MR) is 204 cm³/mol. The molecule has 0 fully saturated rings. The minimum Gasteiger partial charge on any atom is -0.465 e. The van der Waals surface area contributed by atoms with Crippen LogP contribution in [0.1, 0.15) is 10.4 Å². The Hall–Kier alpha value is -0.131. The molecule has 1 N–H and O–H groups in total. The van der Waals surface area contributed by atoms with Gasteiger partial charge in [0, 0.05) is 28.1 Å². The van der Waals surface area contributed by atoms with Crippen molar-refractivity contribution in [3.63, 3.8) is 0 Å². The summed E-state index contributed by atoms with van der Waals surface area (Å²) >= 11 is 0. The molecule has 0 saturated heterocycles. The standard InChI is InChI=1S/C18H7B22NO4S/c1-45-8(42)6-4-5(19)2-3-7(6)41-46(43,44)18(39,40)16(34,35)14(30,31)12(26,27)10(22,23)9(20,21)11(24,25)13(28,29)15(32,33)17(36,37)38/h2-4,41H,1H3. The van der Waals surface area contributed by atoms with E-state index in [-0.39, 0.29) is 5.46 Å². The van der Waals surface area contributed by atoms with Gasteiger partial charge in [0.15, 0.2) is 0 Å². The van der Waals surface area contributed by atoms with Gasteiger partial charge in [-0.05, 0) is 6.07 Å². The summed E-state index contributed by atoms with van der Waals surface area (Å²) in [6, 6.07) is 3.29. The molecule has 0 heterocycles. The van der Waals surface area contributed by atoms with Gasteiger partial charge in [-0.15, -0.1) is 46.8 Å². The van der Waals surface area contributed by atoms with Crippen molar-refractivity contribution in [2.24, 2.45) is 0 Å². The highest BCUT2D eigenvalue weighted by Crippen LogP contribution is 2.79. The van der Waals surface area contributed by atoms with E-state index in [1.54, 1.807) is 0 Å². The Balaban J connectivity index is 3.87. The van der Waals surface area contributed by atoms with Gasteiger partial charge >= 0.3 is 5.97 Å². The second-order valence-corrected chi connectivity index (χ2v) is 13.5. The molecule has 0 unspecified atom stereocenters. The van der Waals surface area contributed by atoms with Crippen molar-refractivity contribution in [2.45, 2.75) is 51.4 Å². The number of anilines is 1. The molecule has 28 heteroatoms. The van der Waals surface area contributed by atoms with Gasteiger partial charge in [0.25, 0.3) is 0 Å². The minimum absolute atomic E-state index is 0.0295. The number of nitrogens with one attached hydrogen (secondary N) is 1. The lowest BCUT2D eigenvalue weighted by atomic mass is 8.99. The fourth-order valence-electron chi connectivity index (χ4n) is 4.12. The lowest BCUT2D eigenvalue weighted by molar-refractivity contribution is 0.0602. The van der Waals surface area contributed by atoms with E-state index in [2.05, 4.69) is 4.74 Å². The van der Waals surface area contributed by atoms with Gasteiger partial charge < -0.3 is 4.74 Å². The highest BCUT2D eigenvalue weighted by Gasteiger charge is 2.64. The van der Waals surface area contributed by atoms with Crippen LogP contribution in [0.5, 0.6) is 0 Å². The maximum atomic E-state index is 13.6. The number of esters is 1. The second kappa shape index (κ2) is 12.6. The minimum atomic E-state index is -5.33. The SMILES string of the molecule is [B]c1ccc(NS(=O)(=O)C([B])([B])C([B])([B])C([B])([B])C([B])([B])C([B])([B])C([B])([B])C([B])([B])C([B])([B])C([B])([B])C([B])([B])[B])c(C(=O)OC)c1. The highest BCUT2D eigenvalue weighted by molar-refractivity contribution is 7.96. The first-order chi connectivity index (χ1) is 19.8. The first kappa shape index (κ1) is 43.9. The van der Waals surface area contributed by atoms with Crippen LogP contribution < -0.4 is 10.2 Å². The van der Waals surface area contributed by atoms with E-state index in [1.807, 2.05) is 4.72 Å². The quantitative estimate of drug-likeness (QED) is 0.189. The van der Waals surface area contributed by atoms with Crippen molar-refractivity contribution >= 4 is 200 Å². The molecule has 1 rings (SSSR count). The van der Waals surface area contributed by atoms with Crippen LogP contribution >= 0.6 is 0 Å². The number of ether oxygens (including phenoxy) is 1. The largest absolute Gasteiger partial charge is 0.465 e. The van der Waals surface area contributed by atoms with Gasteiger partial charge in [0.1, 0.15) is 7.85 Å². The molecular weight excluding hydrogens is 564 g/mol. The summed E-state index contributed by atoms with van der Waals surface area (Å²) in [7, 11) is 128. The van der Waals surface area contributed by atoms with Crippen LogP contribution in [-0.2, 0) is 14.8 Å². The number of carbonyl (C=O) groups is 1. The van der Waals surface area contributed by atoms with E-state index >= 15 is 0 Å². The van der Waals surface area contributed by atoms with E-state index in [4.69, 9.17) is 173 Å². The summed E-state index contributed by atoms with van der Waals surface area (Å²) in [5.74, 6) is -1.04. The fourth-order valence-corrected chi connectivity index (χ4v) is 5.37. The van der Waals surface area contributed by atoms with Crippen LogP contribution in [0, 0.1) is 0 Å². The molecule has 0 aliphatic rings. The Morgan fingerprint density at radius 1 is 0.587 bits per heavy atom. The molecule has 46 heavy (non-hydrogen) atoms. The summed E-state index contributed by atoms with van der Waals surface area (Å²) in [5, 5.41) is -28.6. The topological polar surface area (TPSA) is 72.5 Å². The molecule has 0 atom stereocenters. The number of rotatable bonds is 13. The number of carbonyl (C=O) groups excluding carboxylic acids is 1. The molecule has 0 amide bonds. The number of hydrogen-bond donors (Lipinski definition) is 1. The smallest absolute Gasteiger partial charge is 0.339 e. The average Bonchev–Trinajstić information content (AvgIpc) is 2.87. The van der Waals surface area contributed by atoms with Crippen LogP contribution in [0.2, 0.25) is 46.8 Å². The zero-order valence-corrected chi connectivity index (χ0v) is 25.8. The Morgan fingerprint density at radius 2 is 0.913 bits per heavy atom. The molecule has 0 spiro atoms. The summed E-state index contributed by atoms with van der Waals surface area (Å²) in [6.45, 7) is 0. The maximum Gasteiger partial charge on any atom is 0.339 e. The van der Waals surface area contributed by atoms with Crippen LogP contribution in [0.15, 0.2) is 18.2 Å². The van der Waals surface area contributed by atoms with Gasteiger partial charge in [0.05, 0.1) is 160 Å². The Kier molecular flexibility index (Phi) is 12.0. The molecule has 1 aromatic rings. The Bertz CT molecular complexity index is 1430. The maximum absolute atomic E-state index is 13.6. The van der Waals surface area contributed by atoms with E-state index in [1.165, 1.54) is 6.07 Å². The van der Waals surface area contributed by atoms with Gasteiger partial charge in [-0.1, -0.05) is 17.6 Å². The third kappa shape index (κ3) is 6.22. The zero-order valence-electron chi connectivity index (χ0n) is 25.0. The highest BCUT2D eigenvalue weighted by atomic mass is 32.2. The molecule has 44 radical (unpaired) electrons. The van der Waals surface area contributed by atoms with Crippen LogP contribution in [0.25, 0.3) is 0 Å². The molecule has 0 aliphatic carbocycles.